The third kappa shape index (κ3) is 1.83. The molecule has 0 aliphatic carbocycles. The molecule has 3 nitrogen and oxygen atoms in total. The molecule has 3 heteroatoms. The molecule has 1 aromatic carbocycles. The van der Waals surface area contributed by atoms with Crippen molar-refractivity contribution < 1.29 is 0 Å². The average molecular weight is 222 g/mol. The summed E-state index contributed by atoms with van der Waals surface area (Å²) in [5, 5.41) is 1.06. The van der Waals surface area contributed by atoms with Crippen molar-refractivity contribution in [2.45, 2.75) is 0 Å². The van der Waals surface area contributed by atoms with E-state index in [1.807, 2.05) is 36.4 Å². The maximum absolute atomic E-state index is 11.3. The Hall–Kier alpha value is -2.42. The van der Waals surface area contributed by atoms with Crippen molar-refractivity contribution in [2.24, 2.45) is 0 Å². The first-order valence-corrected chi connectivity index (χ1v) is 5.37. The van der Waals surface area contributed by atoms with Crippen LogP contribution in [0.1, 0.15) is 0 Å². The fourth-order valence-electron chi connectivity index (χ4n) is 1.86. The second kappa shape index (κ2) is 3.87. The third-order valence-electron chi connectivity index (χ3n) is 2.68. The maximum Gasteiger partial charge on any atom is 0.248 e. The number of aromatic nitrogens is 2. The Morgan fingerprint density at radius 2 is 1.94 bits per heavy atom. The quantitative estimate of drug-likeness (QED) is 0.687. The molecule has 1 N–H and O–H groups in total. The summed E-state index contributed by atoms with van der Waals surface area (Å²) in [7, 11) is 0. The molecule has 0 amide bonds. The number of H-pyrrole nitrogens is 1. The van der Waals surface area contributed by atoms with Gasteiger partial charge >= 0.3 is 0 Å². The largest absolute Gasteiger partial charge is 0.322 e. The number of benzene rings is 1. The van der Waals surface area contributed by atoms with Gasteiger partial charge in [0.25, 0.3) is 0 Å². The van der Waals surface area contributed by atoms with E-state index >= 15 is 0 Å². The minimum absolute atomic E-state index is 0.0891. The van der Waals surface area contributed by atoms with Crippen LogP contribution >= 0.6 is 0 Å². The highest BCUT2D eigenvalue weighted by molar-refractivity contribution is 5.83. The Labute approximate surface area is 97.8 Å². The highest BCUT2D eigenvalue weighted by Gasteiger charge is 2.00. The molecule has 3 rings (SSSR count). The zero-order valence-corrected chi connectivity index (χ0v) is 9.05. The van der Waals surface area contributed by atoms with Gasteiger partial charge < -0.3 is 4.98 Å². The lowest BCUT2D eigenvalue weighted by atomic mass is 10.1. The first-order chi connectivity index (χ1) is 8.33. The monoisotopic (exact) mass is 222 g/mol. The zero-order valence-electron chi connectivity index (χ0n) is 9.05. The summed E-state index contributed by atoms with van der Waals surface area (Å²) >= 11 is 0. The lowest BCUT2D eigenvalue weighted by Gasteiger charge is -2.02. The van der Waals surface area contributed by atoms with Gasteiger partial charge in [0, 0.05) is 23.3 Å². The normalized spacial score (nSPS) is 10.6. The van der Waals surface area contributed by atoms with Crippen molar-refractivity contribution in [3.05, 3.63) is 65.1 Å². The first kappa shape index (κ1) is 9.78. The van der Waals surface area contributed by atoms with E-state index in [1.54, 1.807) is 12.3 Å². The van der Waals surface area contributed by atoms with Crippen LogP contribution < -0.4 is 5.56 Å². The number of hydrogen-bond acceptors (Lipinski definition) is 2. The van der Waals surface area contributed by atoms with Crippen molar-refractivity contribution in [2.75, 3.05) is 0 Å². The Bertz CT molecular complexity index is 731. The van der Waals surface area contributed by atoms with Gasteiger partial charge in [0.05, 0.1) is 5.52 Å². The van der Waals surface area contributed by atoms with Crippen LogP contribution in [0.25, 0.3) is 22.2 Å². The summed E-state index contributed by atoms with van der Waals surface area (Å²) in [5.74, 6) is 0. The summed E-state index contributed by atoms with van der Waals surface area (Å²) < 4.78 is 0. The zero-order chi connectivity index (χ0) is 11.7. The second-order valence-corrected chi connectivity index (χ2v) is 3.84. The molecule has 0 fully saturated rings. The van der Waals surface area contributed by atoms with Gasteiger partial charge in [0.2, 0.25) is 5.56 Å². The van der Waals surface area contributed by atoms with Crippen molar-refractivity contribution in [3.63, 3.8) is 0 Å². The van der Waals surface area contributed by atoms with Crippen molar-refractivity contribution in [1.29, 1.82) is 0 Å². The Kier molecular flexibility index (Phi) is 2.22. The molecule has 0 saturated carbocycles. The molecule has 82 valence electrons. The summed E-state index contributed by atoms with van der Waals surface area (Å²) in [4.78, 5) is 18.3. The molecule has 0 spiro atoms. The third-order valence-corrected chi connectivity index (χ3v) is 2.68. The lowest BCUT2D eigenvalue weighted by molar-refractivity contribution is 1.24. The van der Waals surface area contributed by atoms with Gasteiger partial charge in [-0.3, -0.25) is 9.78 Å². The second-order valence-electron chi connectivity index (χ2n) is 3.84. The van der Waals surface area contributed by atoms with Crippen LogP contribution in [0, 0.1) is 0 Å². The summed E-state index contributed by atoms with van der Waals surface area (Å²) in [5.41, 5.74) is 2.68. The molecule has 0 saturated heterocycles. The number of fused-ring (bicyclic) bond motifs is 1. The van der Waals surface area contributed by atoms with E-state index in [0.717, 1.165) is 22.2 Å². The summed E-state index contributed by atoms with van der Waals surface area (Å²) in [6.07, 6.45) is 1.77. The van der Waals surface area contributed by atoms with E-state index in [2.05, 4.69) is 9.97 Å². The molecule has 0 unspecified atom stereocenters. The molecule has 0 atom stereocenters. The number of pyridine rings is 2. The Morgan fingerprint density at radius 3 is 2.82 bits per heavy atom. The molecule has 0 aliphatic rings. The maximum atomic E-state index is 11.3. The summed E-state index contributed by atoms with van der Waals surface area (Å²) in [6, 6.07) is 15.0. The van der Waals surface area contributed by atoms with Crippen LogP contribution in [0.3, 0.4) is 0 Å². The van der Waals surface area contributed by atoms with E-state index in [9.17, 15) is 4.79 Å². The predicted octanol–water partition coefficient (Wildman–Crippen LogP) is 2.59. The molecule has 2 heterocycles. The van der Waals surface area contributed by atoms with Crippen LogP contribution in [0.5, 0.6) is 0 Å². The fraction of sp³-hybridized carbons (Fsp3) is 0. The van der Waals surface area contributed by atoms with Gasteiger partial charge in [0.1, 0.15) is 0 Å². The number of nitrogens with zero attached hydrogens (tertiary/aromatic N) is 1. The van der Waals surface area contributed by atoms with E-state index in [0.29, 0.717) is 0 Å². The van der Waals surface area contributed by atoms with E-state index in [1.165, 1.54) is 6.07 Å². The standard InChI is InChI=1S/C14H10N2O/c17-14-5-1-4-13(16-14)11-6-7-12-10(9-11)3-2-8-15-12/h1-9H,(H,16,17). The molecular formula is C14H10N2O. The van der Waals surface area contributed by atoms with Gasteiger partial charge in [-0.15, -0.1) is 0 Å². The molecule has 0 aliphatic heterocycles. The van der Waals surface area contributed by atoms with Crippen LogP contribution in [0.2, 0.25) is 0 Å². The number of rotatable bonds is 1. The van der Waals surface area contributed by atoms with Crippen LogP contribution in [0.4, 0.5) is 0 Å². The minimum Gasteiger partial charge on any atom is -0.322 e. The van der Waals surface area contributed by atoms with Crippen molar-refractivity contribution in [1.82, 2.24) is 9.97 Å². The predicted molar refractivity (Wildman–Crippen MR) is 67.8 cm³/mol. The minimum atomic E-state index is -0.0891. The Morgan fingerprint density at radius 1 is 1.00 bits per heavy atom. The molecular weight excluding hydrogens is 212 g/mol. The van der Waals surface area contributed by atoms with Gasteiger partial charge in [-0.1, -0.05) is 18.2 Å². The highest BCUT2D eigenvalue weighted by Crippen LogP contribution is 2.20. The van der Waals surface area contributed by atoms with E-state index < -0.39 is 0 Å². The van der Waals surface area contributed by atoms with Gasteiger partial charge in [0.15, 0.2) is 0 Å². The van der Waals surface area contributed by atoms with Gasteiger partial charge in [-0.05, 0) is 29.8 Å². The smallest absolute Gasteiger partial charge is 0.248 e. The average Bonchev–Trinajstić information content (AvgIpc) is 2.38. The van der Waals surface area contributed by atoms with E-state index in [-0.39, 0.29) is 5.56 Å². The number of hydrogen-bond donors (Lipinski definition) is 1. The van der Waals surface area contributed by atoms with Crippen molar-refractivity contribution in [3.8, 4) is 11.3 Å². The molecule has 3 aromatic rings. The number of aromatic amines is 1. The SMILES string of the molecule is O=c1cccc(-c2ccc3ncccc3c2)[nH]1. The first-order valence-electron chi connectivity index (χ1n) is 5.37. The molecule has 2 aromatic heterocycles. The molecule has 17 heavy (non-hydrogen) atoms. The number of nitrogens with one attached hydrogen (secondary N) is 1. The molecule has 0 bridgehead atoms. The van der Waals surface area contributed by atoms with Crippen LogP contribution in [-0.2, 0) is 0 Å². The van der Waals surface area contributed by atoms with Crippen LogP contribution in [0.15, 0.2) is 59.5 Å². The van der Waals surface area contributed by atoms with Gasteiger partial charge in [-0.2, -0.15) is 0 Å². The highest BCUT2D eigenvalue weighted by atomic mass is 16.1. The van der Waals surface area contributed by atoms with E-state index in [4.69, 9.17) is 0 Å². The van der Waals surface area contributed by atoms with Crippen molar-refractivity contribution >= 4 is 10.9 Å². The van der Waals surface area contributed by atoms with Crippen LogP contribution in [-0.4, -0.2) is 9.97 Å². The topological polar surface area (TPSA) is 45.8 Å². The lowest BCUT2D eigenvalue weighted by Crippen LogP contribution is -2.03. The molecule has 0 radical (unpaired) electrons. The summed E-state index contributed by atoms with van der Waals surface area (Å²) in [6.45, 7) is 0. The fourth-order valence-corrected chi connectivity index (χ4v) is 1.86. The van der Waals surface area contributed by atoms with Gasteiger partial charge in [-0.25, -0.2) is 0 Å². The Balaban J connectivity index is 2.21.